The largest absolute Gasteiger partial charge is 0.468 e. The van der Waals surface area contributed by atoms with Gasteiger partial charge in [0.25, 0.3) is 0 Å². The lowest BCUT2D eigenvalue weighted by molar-refractivity contribution is 0.290. The molecule has 0 N–H and O–H groups in total. The van der Waals surface area contributed by atoms with E-state index in [-0.39, 0.29) is 0 Å². The van der Waals surface area contributed by atoms with Crippen LogP contribution in [0.3, 0.4) is 0 Å². The van der Waals surface area contributed by atoms with Gasteiger partial charge in [-0.1, -0.05) is 0 Å². The van der Waals surface area contributed by atoms with E-state index < -0.39 is 0 Å². The SMILES string of the molecule is Cc1ccc(CN(C)Cc2ccco2)s1. The molecule has 0 aliphatic rings. The van der Waals surface area contributed by atoms with Gasteiger partial charge in [0.1, 0.15) is 5.76 Å². The van der Waals surface area contributed by atoms with Crippen molar-refractivity contribution in [1.82, 2.24) is 4.90 Å². The third kappa shape index (κ3) is 2.94. The van der Waals surface area contributed by atoms with E-state index in [4.69, 9.17) is 4.42 Å². The quantitative estimate of drug-likeness (QED) is 0.787. The van der Waals surface area contributed by atoms with E-state index >= 15 is 0 Å². The van der Waals surface area contributed by atoms with Crippen molar-refractivity contribution in [3.63, 3.8) is 0 Å². The Bertz CT molecular complexity index is 405. The average Bonchev–Trinajstić information content (AvgIpc) is 2.77. The maximum absolute atomic E-state index is 5.31. The molecule has 3 heteroatoms. The van der Waals surface area contributed by atoms with Crippen molar-refractivity contribution in [1.29, 1.82) is 0 Å². The Morgan fingerprint density at radius 1 is 1.27 bits per heavy atom. The summed E-state index contributed by atoms with van der Waals surface area (Å²) in [5.74, 6) is 1.02. The lowest BCUT2D eigenvalue weighted by Crippen LogP contribution is -2.15. The van der Waals surface area contributed by atoms with E-state index in [1.807, 2.05) is 23.5 Å². The van der Waals surface area contributed by atoms with Crippen molar-refractivity contribution < 1.29 is 4.42 Å². The summed E-state index contributed by atoms with van der Waals surface area (Å²) in [6.07, 6.45) is 1.72. The molecule has 0 saturated heterocycles. The molecule has 2 nitrogen and oxygen atoms in total. The van der Waals surface area contributed by atoms with E-state index in [0.717, 1.165) is 18.8 Å². The van der Waals surface area contributed by atoms with Crippen LogP contribution in [0.5, 0.6) is 0 Å². The smallest absolute Gasteiger partial charge is 0.117 e. The van der Waals surface area contributed by atoms with Gasteiger partial charge in [0.2, 0.25) is 0 Å². The van der Waals surface area contributed by atoms with E-state index in [9.17, 15) is 0 Å². The highest BCUT2D eigenvalue weighted by molar-refractivity contribution is 7.11. The van der Waals surface area contributed by atoms with Crippen molar-refractivity contribution in [2.75, 3.05) is 7.05 Å². The van der Waals surface area contributed by atoms with Crippen molar-refractivity contribution in [2.45, 2.75) is 20.0 Å². The Morgan fingerprint density at radius 2 is 2.13 bits per heavy atom. The Morgan fingerprint density at radius 3 is 2.73 bits per heavy atom. The Balaban J connectivity index is 1.90. The molecule has 2 aromatic heterocycles. The lowest BCUT2D eigenvalue weighted by atomic mass is 10.4. The zero-order chi connectivity index (χ0) is 10.7. The minimum Gasteiger partial charge on any atom is -0.468 e. The molecule has 0 amide bonds. The van der Waals surface area contributed by atoms with Crippen LogP contribution in [0.25, 0.3) is 0 Å². The minimum atomic E-state index is 0.865. The molecule has 2 heterocycles. The summed E-state index contributed by atoms with van der Waals surface area (Å²) in [6.45, 7) is 3.99. The first-order valence-electron chi connectivity index (χ1n) is 5.00. The van der Waals surface area contributed by atoms with Gasteiger partial charge in [-0.3, -0.25) is 4.90 Å². The third-order valence-corrected chi connectivity index (χ3v) is 3.21. The number of hydrogen-bond donors (Lipinski definition) is 0. The highest BCUT2D eigenvalue weighted by Crippen LogP contribution is 2.17. The molecule has 2 rings (SSSR count). The van der Waals surface area contributed by atoms with Crippen molar-refractivity contribution in [3.05, 3.63) is 46.0 Å². The van der Waals surface area contributed by atoms with Gasteiger partial charge in [-0.25, -0.2) is 0 Å². The molecule has 0 fully saturated rings. The normalized spacial score (nSPS) is 11.1. The monoisotopic (exact) mass is 221 g/mol. The maximum Gasteiger partial charge on any atom is 0.117 e. The second kappa shape index (κ2) is 4.64. The fourth-order valence-electron chi connectivity index (χ4n) is 1.56. The lowest BCUT2D eigenvalue weighted by Gasteiger charge is -2.13. The number of rotatable bonds is 4. The number of aryl methyl sites for hydroxylation is 1. The summed E-state index contributed by atoms with van der Waals surface area (Å²) >= 11 is 1.86. The first-order chi connectivity index (χ1) is 7.24. The van der Waals surface area contributed by atoms with Gasteiger partial charge in [-0.15, -0.1) is 11.3 Å². The van der Waals surface area contributed by atoms with Gasteiger partial charge in [-0.05, 0) is 38.2 Å². The number of thiophene rings is 1. The van der Waals surface area contributed by atoms with Gasteiger partial charge in [0.05, 0.1) is 12.8 Å². The molecular formula is C12H15NOS. The molecular weight excluding hydrogens is 206 g/mol. The summed E-state index contributed by atoms with van der Waals surface area (Å²) in [7, 11) is 2.11. The molecule has 0 unspecified atom stereocenters. The topological polar surface area (TPSA) is 16.4 Å². The van der Waals surface area contributed by atoms with Gasteiger partial charge < -0.3 is 4.42 Å². The Hall–Kier alpha value is -1.06. The fraction of sp³-hybridized carbons (Fsp3) is 0.333. The molecule has 0 saturated carbocycles. The fourth-order valence-corrected chi connectivity index (χ4v) is 2.53. The van der Waals surface area contributed by atoms with Crippen LogP contribution in [0.4, 0.5) is 0 Å². The maximum atomic E-state index is 5.31. The average molecular weight is 221 g/mol. The first-order valence-corrected chi connectivity index (χ1v) is 5.82. The molecule has 2 aromatic rings. The third-order valence-electron chi connectivity index (χ3n) is 2.23. The molecule has 0 radical (unpaired) electrons. The van der Waals surface area contributed by atoms with Crippen LogP contribution < -0.4 is 0 Å². The first kappa shape index (κ1) is 10.5. The van der Waals surface area contributed by atoms with Crippen LogP contribution in [0.15, 0.2) is 34.9 Å². The van der Waals surface area contributed by atoms with Gasteiger partial charge >= 0.3 is 0 Å². The van der Waals surface area contributed by atoms with E-state index in [1.54, 1.807) is 6.26 Å². The summed E-state index contributed by atoms with van der Waals surface area (Å²) in [5.41, 5.74) is 0. The summed E-state index contributed by atoms with van der Waals surface area (Å²) < 4.78 is 5.31. The van der Waals surface area contributed by atoms with Gasteiger partial charge in [-0.2, -0.15) is 0 Å². The minimum absolute atomic E-state index is 0.865. The molecule has 0 bridgehead atoms. The molecule has 0 aliphatic heterocycles. The highest BCUT2D eigenvalue weighted by Gasteiger charge is 2.04. The zero-order valence-corrected chi connectivity index (χ0v) is 9.88. The zero-order valence-electron chi connectivity index (χ0n) is 9.06. The second-order valence-electron chi connectivity index (χ2n) is 3.76. The summed E-state index contributed by atoms with van der Waals surface area (Å²) in [4.78, 5) is 5.03. The Kier molecular flexibility index (Phi) is 3.23. The molecule has 0 aromatic carbocycles. The van der Waals surface area contributed by atoms with Crippen LogP contribution in [-0.2, 0) is 13.1 Å². The van der Waals surface area contributed by atoms with Crippen molar-refractivity contribution in [2.24, 2.45) is 0 Å². The molecule has 0 spiro atoms. The van der Waals surface area contributed by atoms with Crippen LogP contribution >= 0.6 is 11.3 Å². The number of furan rings is 1. The molecule has 15 heavy (non-hydrogen) atoms. The van der Waals surface area contributed by atoms with Crippen LogP contribution in [0, 0.1) is 6.92 Å². The van der Waals surface area contributed by atoms with E-state index in [1.165, 1.54) is 9.75 Å². The highest BCUT2D eigenvalue weighted by atomic mass is 32.1. The van der Waals surface area contributed by atoms with Crippen LogP contribution in [-0.4, -0.2) is 11.9 Å². The predicted octanol–water partition coefficient (Wildman–Crippen LogP) is 3.28. The van der Waals surface area contributed by atoms with E-state index in [0.29, 0.717) is 0 Å². The van der Waals surface area contributed by atoms with Gasteiger partial charge in [0, 0.05) is 16.3 Å². The van der Waals surface area contributed by atoms with Crippen molar-refractivity contribution in [3.8, 4) is 0 Å². The molecule has 80 valence electrons. The van der Waals surface area contributed by atoms with E-state index in [2.05, 4.69) is 31.0 Å². The number of hydrogen-bond acceptors (Lipinski definition) is 3. The predicted molar refractivity (Wildman–Crippen MR) is 62.9 cm³/mol. The molecule has 0 atom stereocenters. The van der Waals surface area contributed by atoms with Crippen LogP contribution in [0.1, 0.15) is 15.5 Å². The van der Waals surface area contributed by atoms with Crippen molar-refractivity contribution >= 4 is 11.3 Å². The Labute approximate surface area is 94.1 Å². The second-order valence-corrected chi connectivity index (χ2v) is 5.14. The standard InChI is InChI=1S/C12H15NOS/c1-10-5-6-12(15-10)9-13(2)8-11-4-3-7-14-11/h3-7H,8-9H2,1-2H3. The summed E-state index contributed by atoms with van der Waals surface area (Å²) in [5, 5.41) is 0. The van der Waals surface area contributed by atoms with Crippen LogP contribution in [0.2, 0.25) is 0 Å². The summed E-state index contributed by atoms with van der Waals surface area (Å²) in [6, 6.07) is 8.30. The molecule has 0 aliphatic carbocycles. The van der Waals surface area contributed by atoms with Gasteiger partial charge in [0.15, 0.2) is 0 Å². The number of nitrogens with zero attached hydrogens (tertiary/aromatic N) is 1.